The SMILES string of the molecule is CCN1C(N)N(c2cccc(OC)c2F)C(N)N(C2CCCCCC2)C1N. The summed E-state index contributed by atoms with van der Waals surface area (Å²) < 4.78 is 20.2. The molecule has 3 unspecified atom stereocenters. The monoisotopic (exact) mass is 380 g/mol. The highest BCUT2D eigenvalue weighted by molar-refractivity contribution is 5.54. The normalized spacial score (nSPS) is 29.0. The molecule has 1 saturated carbocycles. The molecule has 2 aliphatic rings. The topological polar surface area (TPSA) is 97.0 Å². The predicted molar refractivity (Wildman–Crippen MR) is 105 cm³/mol. The Morgan fingerprint density at radius 2 is 1.70 bits per heavy atom. The number of benzene rings is 1. The van der Waals surface area contributed by atoms with Gasteiger partial charge in [-0.25, -0.2) is 14.2 Å². The number of anilines is 1. The van der Waals surface area contributed by atoms with Crippen LogP contribution < -0.4 is 26.8 Å². The Morgan fingerprint density at radius 1 is 1.04 bits per heavy atom. The van der Waals surface area contributed by atoms with E-state index in [-0.39, 0.29) is 11.8 Å². The fourth-order valence-corrected chi connectivity index (χ4v) is 4.45. The van der Waals surface area contributed by atoms with Crippen LogP contribution in [-0.2, 0) is 0 Å². The first-order valence-corrected chi connectivity index (χ1v) is 9.92. The lowest BCUT2D eigenvalue weighted by Gasteiger charge is -2.56. The molecule has 3 atom stereocenters. The van der Waals surface area contributed by atoms with Crippen molar-refractivity contribution in [1.29, 1.82) is 0 Å². The standard InChI is InChI=1S/C19H33FN6O/c1-3-24-17(21)25(13-9-6-4-5-7-10-13)19(23)26(18(24)22)14-11-8-12-15(27-2)16(14)20/h8,11-13,17-19H,3-7,9-10,21-23H2,1-2H3. The molecule has 0 amide bonds. The van der Waals surface area contributed by atoms with Gasteiger partial charge >= 0.3 is 0 Å². The molecule has 1 heterocycles. The van der Waals surface area contributed by atoms with Gasteiger partial charge in [-0.2, -0.15) is 0 Å². The van der Waals surface area contributed by atoms with E-state index in [0.717, 1.165) is 25.7 Å². The fraction of sp³-hybridized carbons (Fsp3) is 0.684. The Hall–Kier alpha value is -1.45. The Bertz CT molecular complexity index is 622. The number of rotatable bonds is 4. The predicted octanol–water partition coefficient (Wildman–Crippen LogP) is 1.73. The molecule has 27 heavy (non-hydrogen) atoms. The van der Waals surface area contributed by atoms with E-state index in [1.807, 2.05) is 11.8 Å². The van der Waals surface area contributed by atoms with Gasteiger partial charge in [-0.1, -0.05) is 38.7 Å². The van der Waals surface area contributed by atoms with Crippen LogP contribution in [0.15, 0.2) is 18.2 Å². The number of halogens is 1. The number of nitrogens with two attached hydrogens (primary N) is 3. The third-order valence-electron chi connectivity index (χ3n) is 5.91. The van der Waals surface area contributed by atoms with Crippen molar-refractivity contribution in [1.82, 2.24) is 9.80 Å². The highest BCUT2D eigenvalue weighted by Crippen LogP contribution is 2.35. The van der Waals surface area contributed by atoms with Gasteiger partial charge in [0.1, 0.15) is 18.9 Å². The first-order chi connectivity index (χ1) is 13.0. The lowest BCUT2D eigenvalue weighted by atomic mass is 10.1. The number of nitrogens with zero attached hydrogens (tertiary/aromatic N) is 3. The van der Waals surface area contributed by atoms with Gasteiger partial charge in [0, 0.05) is 12.6 Å². The smallest absolute Gasteiger partial charge is 0.188 e. The van der Waals surface area contributed by atoms with Crippen molar-refractivity contribution in [3.63, 3.8) is 0 Å². The molecule has 0 spiro atoms. The summed E-state index contributed by atoms with van der Waals surface area (Å²) in [5.74, 6) is -0.288. The molecule has 3 rings (SSSR count). The average molecular weight is 381 g/mol. The van der Waals surface area contributed by atoms with E-state index < -0.39 is 24.7 Å². The first kappa shape index (κ1) is 20.3. The zero-order chi connectivity index (χ0) is 19.6. The van der Waals surface area contributed by atoms with Gasteiger partial charge in [0.05, 0.1) is 12.8 Å². The summed E-state index contributed by atoms with van der Waals surface area (Å²) in [6.45, 7) is 2.64. The summed E-state index contributed by atoms with van der Waals surface area (Å²) in [6.07, 6.45) is 5.25. The number of hydrogen-bond donors (Lipinski definition) is 3. The van der Waals surface area contributed by atoms with Crippen molar-refractivity contribution in [3.8, 4) is 5.75 Å². The minimum atomic E-state index is -0.622. The van der Waals surface area contributed by atoms with Gasteiger partial charge in [-0.15, -0.1) is 0 Å². The van der Waals surface area contributed by atoms with Crippen LogP contribution in [0, 0.1) is 5.82 Å². The maximum absolute atomic E-state index is 15.0. The largest absolute Gasteiger partial charge is 0.494 e. The molecule has 8 heteroatoms. The Labute approximate surface area is 161 Å². The maximum atomic E-state index is 15.0. The van der Waals surface area contributed by atoms with Crippen LogP contribution in [-0.4, -0.2) is 48.4 Å². The molecular weight excluding hydrogens is 347 g/mol. The van der Waals surface area contributed by atoms with Gasteiger partial charge in [0.15, 0.2) is 11.6 Å². The van der Waals surface area contributed by atoms with Gasteiger partial charge in [0.25, 0.3) is 0 Å². The van der Waals surface area contributed by atoms with E-state index in [9.17, 15) is 0 Å². The molecule has 6 N–H and O–H groups in total. The van der Waals surface area contributed by atoms with Crippen LogP contribution in [0.25, 0.3) is 0 Å². The van der Waals surface area contributed by atoms with Crippen molar-refractivity contribution in [3.05, 3.63) is 24.0 Å². The molecule has 1 saturated heterocycles. The van der Waals surface area contributed by atoms with Crippen LogP contribution in [0.5, 0.6) is 5.75 Å². The second kappa shape index (κ2) is 8.70. The third-order valence-corrected chi connectivity index (χ3v) is 5.91. The summed E-state index contributed by atoms with van der Waals surface area (Å²) in [7, 11) is 1.45. The lowest BCUT2D eigenvalue weighted by Crippen LogP contribution is -2.79. The summed E-state index contributed by atoms with van der Waals surface area (Å²) >= 11 is 0. The second-order valence-electron chi connectivity index (χ2n) is 7.36. The van der Waals surface area contributed by atoms with Gasteiger partial charge in [0.2, 0.25) is 0 Å². The van der Waals surface area contributed by atoms with Gasteiger partial charge in [-0.3, -0.25) is 11.5 Å². The minimum absolute atomic E-state index is 0.172. The Morgan fingerprint density at radius 3 is 2.30 bits per heavy atom. The van der Waals surface area contributed by atoms with Crippen molar-refractivity contribution in [2.24, 2.45) is 17.2 Å². The second-order valence-corrected chi connectivity index (χ2v) is 7.36. The van der Waals surface area contributed by atoms with E-state index in [4.69, 9.17) is 21.9 Å². The summed E-state index contributed by atoms with van der Waals surface area (Å²) in [5.41, 5.74) is 20.0. The summed E-state index contributed by atoms with van der Waals surface area (Å²) in [4.78, 5) is 5.78. The summed E-state index contributed by atoms with van der Waals surface area (Å²) in [6, 6.07) is 5.28. The molecule has 0 aromatic heterocycles. The maximum Gasteiger partial charge on any atom is 0.188 e. The molecular formula is C19H33FN6O. The van der Waals surface area contributed by atoms with E-state index in [2.05, 4.69) is 4.90 Å². The fourth-order valence-electron chi connectivity index (χ4n) is 4.45. The van der Waals surface area contributed by atoms with E-state index in [1.165, 1.54) is 20.0 Å². The molecule has 152 valence electrons. The highest BCUT2D eigenvalue weighted by atomic mass is 19.1. The highest BCUT2D eigenvalue weighted by Gasteiger charge is 2.45. The quantitative estimate of drug-likeness (QED) is 0.685. The third kappa shape index (κ3) is 3.77. The molecule has 2 fully saturated rings. The number of ether oxygens (including phenoxy) is 1. The zero-order valence-corrected chi connectivity index (χ0v) is 16.4. The number of methoxy groups -OCH3 is 1. The summed E-state index contributed by atoms with van der Waals surface area (Å²) in [5, 5.41) is 0. The Balaban J connectivity index is 1.99. The van der Waals surface area contributed by atoms with E-state index in [0.29, 0.717) is 12.2 Å². The minimum Gasteiger partial charge on any atom is -0.494 e. The van der Waals surface area contributed by atoms with E-state index >= 15 is 4.39 Å². The van der Waals surface area contributed by atoms with Gasteiger partial charge in [-0.05, 0) is 25.0 Å². The molecule has 0 bridgehead atoms. The zero-order valence-electron chi connectivity index (χ0n) is 16.4. The van der Waals surface area contributed by atoms with Crippen LogP contribution in [0.4, 0.5) is 10.1 Å². The molecule has 1 aliphatic heterocycles. The molecule has 1 aliphatic carbocycles. The van der Waals surface area contributed by atoms with Crippen LogP contribution in [0.2, 0.25) is 0 Å². The molecule has 1 aromatic rings. The van der Waals surface area contributed by atoms with Crippen LogP contribution in [0.3, 0.4) is 0 Å². The molecule has 1 aromatic carbocycles. The lowest BCUT2D eigenvalue weighted by molar-refractivity contribution is -0.0830. The van der Waals surface area contributed by atoms with Crippen molar-refractivity contribution in [2.45, 2.75) is 70.4 Å². The van der Waals surface area contributed by atoms with Crippen molar-refractivity contribution >= 4 is 5.69 Å². The average Bonchev–Trinajstić information content (AvgIpc) is 2.93. The van der Waals surface area contributed by atoms with Gasteiger partial charge < -0.3 is 15.4 Å². The van der Waals surface area contributed by atoms with E-state index in [1.54, 1.807) is 23.1 Å². The van der Waals surface area contributed by atoms with Crippen LogP contribution in [0.1, 0.15) is 45.4 Å². The number of hydrogen-bond acceptors (Lipinski definition) is 7. The molecule has 7 nitrogen and oxygen atoms in total. The van der Waals surface area contributed by atoms with Crippen molar-refractivity contribution in [2.75, 3.05) is 18.6 Å². The van der Waals surface area contributed by atoms with Crippen LogP contribution >= 0.6 is 0 Å². The Kier molecular flexibility index (Phi) is 6.54. The van der Waals surface area contributed by atoms with Crippen molar-refractivity contribution < 1.29 is 9.13 Å². The molecule has 0 radical (unpaired) electrons. The first-order valence-electron chi connectivity index (χ1n) is 9.92.